The highest BCUT2D eigenvalue weighted by atomic mass is 16.6. The Balaban J connectivity index is 2.40. The molecule has 0 radical (unpaired) electrons. The van der Waals surface area contributed by atoms with Crippen LogP contribution in [0.1, 0.15) is 31.4 Å². The zero-order chi connectivity index (χ0) is 15.6. The average molecular weight is 292 g/mol. The Morgan fingerprint density at radius 3 is 2.52 bits per heavy atom. The molecule has 21 heavy (non-hydrogen) atoms. The normalized spacial score (nSPS) is 22.1. The second-order valence-electron chi connectivity index (χ2n) is 4.96. The molecule has 7 heteroatoms. The van der Waals surface area contributed by atoms with Crippen molar-refractivity contribution in [3.8, 4) is 0 Å². The van der Waals surface area contributed by atoms with Crippen molar-refractivity contribution in [1.29, 1.82) is 0 Å². The fourth-order valence-corrected chi connectivity index (χ4v) is 2.79. The van der Waals surface area contributed by atoms with Crippen molar-refractivity contribution in [2.45, 2.75) is 25.8 Å². The van der Waals surface area contributed by atoms with Gasteiger partial charge in [0.1, 0.15) is 0 Å². The lowest BCUT2D eigenvalue weighted by molar-refractivity contribution is -0.384. The van der Waals surface area contributed by atoms with Gasteiger partial charge in [-0.2, -0.15) is 0 Å². The summed E-state index contributed by atoms with van der Waals surface area (Å²) >= 11 is 0. The molecule has 0 aliphatic carbocycles. The summed E-state index contributed by atoms with van der Waals surface area (Å²) in [6.07, 6.45) is 0.501. The van der Waals surface area contributed by atoms with Crippen LogP contribution in [0.15, 0.2) is 24.3 Å². The van der Waals surface area contributed by atoms with Crippen molar-refractivity contribution in [2.24, 2.45) is 5.92 Å². The van der Waals surface area contributed by atoms with E-state index in [0.29, 0.717) is 12.1 Å². The lowest BCUT2D eigenvalue weighted by Gasteiger charge is -2.39. The van der Waals surface area contributed by atoms with Gasteiger partial charge in [-0.3, -0.25) is 19.7 Å². The number of non-ortho nitro benzene ring substituents is 1. The first-order valence-corrected chi connectivity index (χ1v) is 6.72. The largest absolute Gasteiger partial charge is 0.481 e. The summed E-state index contributed by atoms with van der Waals surface area (Å²) in [5, 5.41) is 20.0. The van der Waals surface area contributed by atoms with E-state index in [1.54, 1.807) is 6.92 Å². The highest BCUT2D eigenvalue weighted by molar-refractivity contribution is 5.81. The zero-order valence-corrected chi connectivity index (χ0v) is 11.6. The molecule has 1 aliphatic heterocycles. The summed E-state index contributed by atoms with van der Waals surface area (Å²) in [5.74, 6) is -1.73. The molecule has 0 saturated carbocycles. The molecule has 1 saturated heterocycles. The van der Waals surface area contributed by atoms with Crippen LogP contribution < -0.4 is 0 Å². The number of rotatable bonds is 4. The predicted octanol–water partition coefficient (Wildman–Crippen LogP) is 1.98. The summed E-state index contributed by atoms with van der Waals surface area (Å²) in [6, 6.07) is 5.15. The fourth-order valence-electron chi connectivity index (χ4n) is 2.79. The van der Waals surface area contributed by atoms with Gasteiger partial charge < -0.3 is 10.0 Å². The van der Waals surface area contributed by atoms with Crippen LogP contribution in [0.3, 0.4) is 0 Å². The number of carbonyl (C=O) groups excluding carboxylic acids is 1. The van der Waals surface area contributed by atoms with Crippen LogP contribution in [0.2, 0.25) is 0 Å². The van der Waals surface area contributed by atoms with Crippen molar-refractivity contribution in [3.05, 3.63) is 39.9 Å². The summed E-state index contributed by atoms with van der Waals surface area (Å²) in [5.41, 5.74) is 0.554. The number of carboxylic acid groups (broad SMARTS) is 1. The Labute approximate surface area is 121 Å². The first-order chi connectivity index (χ1) is 9.95. The van der Waals surface area contributed by atoms with E-state index < -0.39 is 22.9 Å². The van der Waals surface area contributed by atoms with Gasteiger partial charge in [0, 0.05) is 25.1 Å². The molecule has 2 unspecified atom stereocenters. The van der Waals surface area contributed by atoms with Crippen molar-refractivity contribution in [3.63, 3.8) is 0 Å². The van der Waals surface area contributed by atoms with Gasteiger partial charge in [0.25, 0.3) is 5.69 Å². The molecular formula is C14H16N2O5. The molecule has 112 valence electrons. The van der Waals surface area contributed by atoms with Gasteiger partial charge in [-0.1, -0.05) is 12.1 Å². The number of nitro benzene ring substituents is 1. The van der Waals surface area contributed by atoms with Gasteiger partial charge in [0.2, 0.25) is 5.91 Å². The van der Waals surface area contributed by atoms with Crippen LogP contribution in [0.4, 0.5) is 5.69 Å². The van der Waals surface area contributed by atoms with E-state index in [4.69, 9.17) is 0 Å². The van der Waals surface area contributed by atoms with Gasteiger partial charge in [-0.25, -0.2) is 0 Å². The Morgan fingerprint density at radius 2 is 2.05 bits per heavy atom. The van der Waals surface area contributed by atoms with E-state index in [9.17, 15) is 24.8 Å². The van der Waals surface area contributed by atoms with Crippen LogP contribution in [-0.2, 0) is 9.59 Å². The third-order valence-corrected chi connectivity index (χ3v) is 3.81. The Hall–Kier alpha value is -2.44. The first-order valence-electron chi connectivity index (χ1n) is 6.72. The van der Waals surface area contributed by atoms with E-state index >= 15 is 0 Å². The number of carboxylic acids is 1. The van der Waals surface area contributed by atoms with Crippen LogP contribution in [0.25, 0.3) is 0 Å². The molecule has 1 aliphatic rings. The first kappa shape index (κ1) is 15.0. The van der Waals surface area contributed by atoms with E-state index in [-0.39, 0.29) is 24.4 Å². The standard InChI is InChI=1S/C14H16N2O5/c1-2-15-12(17)8-7-11(14(18)19)13(15)9-3-5-10(6-4-9)16(20)21/h3-6,11,13H,2,7-8H2,1H3,(H,18,19). The van der Waals surface area contributed by atoms with Gasteiger partial charge >= 0.3 is 5.97 Å². The molecule has 1 aromatic rings. The second kappa shape index (κ2) is 5.90. The molecule has 0 aromatic heterocycles. The lowest BCUT2D eigenvalue weighted by atomic mass is 9.84. The summed E-state index contributed by atoms with van der Waals surface area (Å²) in [7, 11) is 0. The molecule has 2 rings (SSSR count). The zero-order valence-electron chi connectivity index (χ0n) is 11.6. The number of amides is 1. The number of piperidine rings is 1. The fraction of sp³-hybridized carbons (Fsp3) is 0.429. The Morgan fingerprint density at radius 1 is 1.43 bits per heavy atom. The van der Waals surface area contributed by atoms with Crippen molar-refractivity contribution < 1.29 is 19.6 Å². The number of aliphatic carboxylic acids is 1. The summed E-state index contributed by atoms with van der Waals surface area (Å²) in [4.78, 5) is 35.1. The maximum absolute atomic E-state index is 12.0. The molecule has 1 fully saturated rings. The minimum atomic E-state index is -0.954. The smallest absolute Gasteiger partial charge is 0.308 e. The van der Waals surface area contributed by atoms with Crippen molar-refractivity contribution >= 4 is 17.6 Å². The van der Waals surface area contributed by atoms with Gasteiger partial charge in [0.05, 0.1) is 16.9 Å². The predicted molar refractivity (Wildman–Crippen MR) is 73.6 cm³/mol. The van der Waals surface area contributed by atoms with Crippen LogP contribution in [0.5, 0.6) is 0 Å². The maximum Gasteiger partial charge on any atom is 0.308 e. The highest BCUT2D eigenvalue weighted by Gasteiger charge is 2.40. The van der Waals surface area contributed by atoms with Gasteiger partial charge in [-0.15, -0.1) is 0 Å². The summed E-state index contributed by atoms with van der Waals surface area (Å²) < 4.78 is 0. The van der Waals surface area contributed by atoms with E-state index in [2.05, 4.69) is 0 Å². The molecular weight excluding hydrogens is 276 g/mol. The molecule has 1 heterocycles. The SMILES string of the molecule is CCN1C(=O)CCC(C(=O)O)C1c1ccc([N+](=O)[O-])cc1. The lowest BCUT2D eigenvalue weighted by Crippen LogP contribution is -2.45. The molecule has 1 aromatic carbocycles. The van der Waals surface area contributed by atoms with Gasteiger partial charge in [0.15, 0.2) is 0 Å². The molecule has 0 spiro atoms. The number of benzene rings is 1. The minimum absolute atomic E-state index is 0.0594. The number of hydrogen-bond acceptors (Lipinski definition) is 4. The van der Waals surface area contributed by atoms with Crippen LogP contribution >= 0.6 is 0 Å². The van der Waals surface area contributed by atoms with Gasteiger partial charge in [-0.05, 0) is 18.9 Å². The van der Waals surface area contributed by atoms with E-state index in [1.807, 2.05) is 0 Å². The van der Waals surface area contributed by atoms with Crippen molar-refractivity contribution in [2.75, 3.05) is 6.54 Å². The topological polar surface area (TPSA) is 101 Å². The Kier molecular flexibility index (Phi) is 4.21. The van der Waals surface area contributed by atoms with Crippen LogP contribution in [0, 0.1) is 16.0 Å². The number of nitrogens with zero attached hydrogens (tertiary/aromatic N) is 2. The number of carbonyl (C=O) groups is 2. The highest BCUT2D eigenvalue weighted by Crippen LogP contribution is 2.37. The molecule has 1 N–H and O–H groups in total. The molecule has 7 nitrogen and oxygen atoms in total. The average Bonchev–Trinajstić information content (AvgIpc) is 2.46. The number of likely N-dealkylation sites (tertiary alicyclic amines) is 1. The van der Waals surface area contributed by atoms with Crippen molar-refractivity contribution in [1.82, 2.24) is 4.90 Å². The van der Waals surface area contributed by atoms with E-state index in [0.717, 1.165) is 0 Å². The van der Waals surface area contributed by atoms with E-state index in [1.165, 1.54) is 29.2 Å². The molecule has 2 atom stereocenters. The number of hydrogen-bond donors (Lipinski definition) is 1. The number of nitro groups is 1. The maximum atomic E-state index is 12.0. The Bertz CT molecular complexity index is 567. The third kappa shape index (κ3) is 2.86. The molecule has 1 amide bonds. The quantitative estimate of drug-likeness (QED) is 0.675. The molecule has 0 bridgehead atoms. The third-order valence-electron chi connectivity index (χ3n) is 3.81. The second-order valence-corrected chi connectivity index (χ2v) is 4.96. The minimum Gasteiger partial charge on any atom is -0.481 e. The summed E-state index contributed by atoms with van der Waals surface area (Å²) in [6.45, 7) is 2.20. The van der Waals surface area contributed by atoms with Crippen LogP contribution in [-0.4, -0.2) is 33.4 Å². The monoisotopic (exact) mass is 292 g/mol.